The highest BCUT2D eigenvalue weighted by Gasteiger charge is 2.26. The zero-order valence-corrected chi connectivity index (χ0v) is 9.25. The summed E-state index contributed by atoms with van der Waals surface area (Å²) in [5.74, 6) is 0.105. The van der Waals surface area contributed by atoms with Gasteiger partial charge in [0.1, 0.15) is 11.4 Å². The smallest absolute Gasteiger partial charge is 0.392 e. The Balaban J connectivity index is 2.49. The Morgan fingerprint density at radius 2 is 2.12 bits per heavy atom. The zero-order chi connectivity index (χ0) is 12.9. The van der Waals surface area contributed by atoms with Crippen LogP contribution in [0.5, 0.6) is 5.75 Å². The second-order valence-electron chi connectivity index (χ2n) is 3.37. The number of hydrogen-bond acceptors (Lipinski definition) is 3. The first-order chi connectivity index (χ1) is 7.92. The van der Waals surface area contributed by atoms with Gasteiger partial charge in [-0.05, 0) is 12.1 Å². The summed E-state index contributed by atoms with van der Waals surface area (Å²) < 4.78 is 40.4. The minimum atomic E-state index is -4.23. The van der Waals surface area contributed by atoms with Crippen molar-refractivity contribution in [3.63, 3.8) is 0 Å². The van der Waals surface area contributed by atoms with Crippen LogP contribution in [0.25, 0.3) is 0 Å². The molecule has 1 aromatic heterocycles. The first-order valence-corrected chi connectivity index (χ1v) is 5.11. The molecule has 0 saturated carbocycles. The summed E-state index contributed by atoms with van der Waals surface area (Å²) in [5.41, 5.74) is 0.288. The Hall–Kier alpha value is -1.59. The van der Waals surface area contributed by atoms with E-state index in [1.54, 1.807) is 6.92 Å². The molecular formula is C11H12F3NO2. The molecule has 94 valence electrons. The lowest BCUT2D eigenvalue weighted by Gasteiger charge is -2.08. The van der Waals surface area contributed by atoms with Gasteiger partial charge in [0, 0.05) is 6.42 Å². The largest absolute Gasteiger partial charge is 0.492 e. The van der Waals surface area contributed by atoms with E-state index >= 15 is 0 Å². The van der Waals surface area contributed by atoms with E-state index in [1.165, 1.54) is 18.3 Å². The Morgan fingerprint density at radius 3 is 2.59 bits per heavy atom. The number of ketones is 1. The molecule has 0 aliphatic carbocycles. The molecule has 6 heteroatoms. The lowest BCUT2D eigenvalue weighted by atomic mass is 10.2. The van der Waals surface area contributed by atoms with Gasteiger partial charge in [-0.25, -0.2) is 4.98 Å². The number of carbonyl (C=O) groups excluding carboxylic acids is 1. The molecule has 1 heterocycles. The molecular weight excluding hydrogens is 235 g/mol. The Labute approximate surface area is 96.6 Å². The molecule has 0 fully saturated rings. The van der Waals surface area contributed by atoms with Gasteiger partial charge in [-0.2, -0.15) is 13.2 Å². The van der Waals surface area contributed by atoms with Gasteiger partial charge in [-0.15, -0.1) is 0 Å². The maximum absolute atomic E-state index is 11.8. The first-order valence-electron chi connectivity index (χ1n) is 5.11. The van der Waals surface area contributed by atoms with Crippen LogP contribution < -0.4 is 4.74 Å². The average Bonchev–Trinajstić information content (AvgIpc) is 2.27. The van der Waals surface area contributed by atoms with Crippen LogP contribution in [0, 0.1) is 0 Å². The fraction of sp³-hybridized carbons (Fsp3) is 0.455. The number of ether oxygens (including phenoxy) is 1. The Morgan fingerprint density at radius 1 is 1.41 bits per heavy atom. The van der Waals surface area contributed by atoms with Crippen LogP contribution in [-0.4, -0.2) is 23.6 Å². The summed E-state index contributed by atoms with van der Waals surface area (Å²) in [7, 11) is 0. The fourth-order valence-electron chi connectivity index (χ4n) is 1.10. The van der Waals surface area contributed by atoms with Crippen LogP contribution >= 0.6 is 0 Å². The van der Waals surface area contributed by atoms with Crippen LogP contribution in [0.15, 0.2) is 18.3 Å². The standard InChI is InChI=1S/C11H12F3NO2/c1-2-10(16)9-4-3-8(7-15-9)17-6-5-11(12,13)14/h3-4,7H,2,5-6H2,1H3. The third kappa shape index (κ3) is 4.84. The SMILES string of the molecule is CCC(=O)c1ccc(OCCC(F)(F)F)cn1. The third-order valence-electron chi connectivity index (χ3n) is 2.00. The van der Waals surface area contributed by atoms with Crippen LogP contribution in [-0.2, 0) is 0 Å². The molecule has 0 aliphatic heterocycles. The summed E-state index contributed by atoms with van der Waals surface area (Å²) in [6, 6.07) is 2.88. The number of nitrogens with zero attached hydrogens (tertiary/aromatic N) is 1. The Bertz CT molecular complexity index is 373. The van der Waals surface area contributed by atoms with Crippen molar-refractivity contribution < 1.29 is 22.7 Å². The summed E-state index contributed by atoms with van der Waals surface area (Å²) in [6.07, 6.45) is -3.66. The first kappa shape index (κ1) is 13.5. The number of alkyl halides is 3. The summed E-state index contributed by atoms with van der Waals surface area (Å²) in [6.45, 7) is 1.25. The molecule has 0 aromatic carbocycles. The van der Waals surface area contributed by atoms with Crippen molar-refractivity contribution in [1.82, 2.24) is 4.98 Å². The van der Waals surface area contributed by atoms with E-state index < -0.39 is 19.2 Å². The molecule has 0 unspecified atom stereocenters. The molecule has 0 bridgehead atoms. The average molecular weight is 247 g/mol. The van der Waals surface area contributed by atoms with Crippen molar-refractivity contribution in [3.8, 4) is 5.75 Å². The third-order valence-corrected chi connectivity index (χ3v) is 2.00. The Kier molecular flexibility index (Phi) is 4.48. The minimum Gasteiger partial charge on any atom is -0.492 e. The maximum Gasteiger partial charge on any atom is 0.392 e. The molecule has 3 nitrogen and oxygen atoms in total. The number of pyridine rings is 1. The molecule has 0 saturated heterocycles. The fourth-order valence-corrected chi connectivity index (χ4v) is 1.10. The van der Waals surface area contributed by atoms with Crippen LogP contribution in [0.2, 0.25) is 0 Å². The minimum absolute atomic E-state index is 0.119. The predicted molar refractivity (Wildman–Crippen MR) is 55.0 cm³/mol. The van der Waals surface area contributed by atoms with Crippen molar-refractivity contribution in [3.05, 3.63) is 24.0 Å². The molecule has 0 N–H and O–H groups in total. The van der Waals surface area contributed by atoms with Crippen molar-refractivity contribution in [2.75, 3.05) is 6.61 Å². The number of aromatic nitrogens is 1. The number of carbonyl (C=O) groups is 1. The van der Waals surface area contributed by atoms with Crippen molar-refractivity contribution >= 4 is 5.78 Å². The molecule has 1 rings (SSSR count). The number of Topliss-reactive ketones (excluding diaryl/α,β-unsaturated/α-hetero) is 1. The van der Waals surface area contributed by atoms with E-state index in [-0.39, 0.29) is 17.2 Å². The topological polar surface area (TPSA) is 39.2 Å². The van der Waals surface area contributed by atoms with Crippen molar-refractivity contribution in [2.45, 2.75) is 25.9 Å². The van der Waals surface area contributed by atoms with E-state index in [0.29, 0.717) is 6.42 Å². The normalized spacial score (nSPS) is 11.3. The highest BCUT2D eigenvalue weighted by atomic mass is 19.4. The lowest BCUT2D eigenvalue weighted by Crippen LogP contribution is -2.13. The van der Waals surface area contributed by atoms with Gasteiger partial charge in [0.2, 0.25) is 0 Å². The summed E-state index contributed by atoms with van der Waals surface area (Å²) in [4.78, 5) is 15.0. The van der Waals surface area contributed by atoms with Gasteiger partial charge in [0.05, 0.1) is 19.2 Å². The van der Waals surface area contributed by atoms with Crippen molar-refractivity contribution in [1.29, 1.82) is 0 Å². The molecule has 17 heavy (non-hydrogen) atoms. The number of hydrogen-bond donors (Lipinski definition) is 0. The summed E-state index contributed by atoms with van der Waals surface area (Å²) >= 11 is 0. The molecule has 1 aromatic rings. The van der Waals surface area contributed by atoms with Crippen LogP contribution in [0.4, 0.5) is 13.2 Å². The van der Waals surface area contributed by atoms with Gasteiger partial charge in [-0.3, -0.25) is 4.79 Å². The number of halogens is 3. The van der Waals surface area contributed by atoms with Gasteiger partial charge in [0.25, 0.3) is 0 Å². The van der Waals surface area contributed by atoms with Crippen LogP contribution in [0.3, 0.4) is 0 Å². The van der Waals surface area contributed by atoms with E-state index in [9.17, 15) is 18.0 Å². The van der Waals surface area contributed by atoms with Gasteiger partial charge < -0.3 is 4.74 Å². The van der Waals surface area contributed by atoms with E-state index in [4.69, 9.17) is 4.74 Å². The molecule has 0 aliphatic rings. The van der Waals surface area contributed by atoms with Gasteiger partial charge in [0.15, 0.2) is 5.78 Å². The zero-order valence-electron chi connectivity index (χ0n) is 9.25. The van der Waals surface area contributed by atoms with E-state index in [2.05, 4.69) is 4.98 Å². The van der Waals surface area contributed by atoms with Gasteiger partial charge >= 0.3 is 6.18 Å². The quantitative estimate of drug-likeness (QED) is 0.751. The van der Waals surface area contributed by atoms with Crippen molar-refractivity contribution in [2.24, 2.45) is 0 Å². The maximum atomic E-state index is 11.8. The molecule has 0 atom stereocenters. The monoisotopic (exact) mass is 247 g/mol. The second-order valence-corrected chi connectivity index (χ2v) is 3.37. The highest BCUT2D eigenvalue weighted by Crippen LogP contribution is 2.20. The van der Waals surface area contributed by atoms with Gasteiger partial charge in [-0.1, -0.05) is 6.92 Å². The lowest BCUT2D eigenvalue weighted by molar-refractivity contribution is -0.139. The number of rotatable bonds is 5. The van der Waals surface area contributed by atoms with E-state index in [1.807, 2.05) is 0 Å². The second kappa shape index (κ2) is 5.65. The highest BCUT2D eigenvalue weighted by molar-refractivity contribution is 5.93. The molecule has 0 amide bonds. The summed E-state index contributed by atoms with van der Waals surface area (Å²) in [5, 5.41) is 0. The predicted octanol–water partition coefficient (Wildman–Crippen LogP) is 3.01. The molecule has 0 spiro atoms. The van der Waals surface area contributed by atoms with Crippen LogP contribution in [0.1, 0.15) is 30.3 Å². The molecule has 0 radical (unpaired) electrons. The van der Waals surface area contributed by atoms with E-state index in [0.717, 1.165) is 0 Å².